The van der Waals surface area contributed by atoms with E-state index in [0.717, 1.165) is 17.7 Å². The summed E-state index contributed by atoms with van der Waals surface area (Å²) in [4.78, 5) is 24.4. The molecule has 3 heterocycles. The molecule has 4 aromatic rings. The minimum Gasteiger partial charge on any atom is -0.497 e. The van der Waals surface area contributed by atoms with Gasteiger partial charge in [-0.1, -0.05) is 12.1 Å². The summed E-state index contributed by atoms with van der Waals surface area (Å²) in [7, 11) is 1.66. The molecule has 9 heteroatoms. The average molecular weight is 362 g/mol. The monoisotopic (exact) mass is 362 g/mol. The summed E-state index contributed by atoms with van der Waals surface area (Å²) < 4.78 is 5.18. The predicted octanol–water partition coefficient (Wildman–Crippen LogP) is 2.55. The van der Waals surface area contributed by atoms with E-state index in [9.17, 15) is 0 Å². The number of aromatic nitrogens is 6. The lowest BCUT2D eigenvalue weighted by atomic mass is 10.1. The van der Waals surface area contributed by atoms with Gasteiger partial charge < -0.3 is 20.4 Å². The topological polar surface area (TPSA) is 114 Å². The zero-order chi connectivity index (χ0) is 18.5. The van der Waals surface area contributed by atoms with Crippen LogP contribution in [-0.2, 0) is 6.42 Å². The van der Waals surface area contributed by atoms with Crippen LogP contribution in [0, 0.1) is 0 Å². The maximum atomic E-state index is 5.18. The van der Waals surface area contributed by atoms with Crippen LogP contribution in [0.5, 0.6) is 5.75 Å². The van der Waals surface area contributed by atoms with Crippen molar-refractivity contribution in [3.63, 3.8) is 0 Å². The number of rotatable bonds is 7. The van der Waals surface area contributed by atoms with Gasteiger partial charge in [-0.2, -0.15) is 9.97 Å². The van der Waals surface area contributed by atoms with Gasteiger partial charge in [-0.3, -0.25) is 4.98 Å². The van der Waals surface area contributed by atoms with E-state index in [4.69, 9.17) is 4.74 Å². The van der Waals surface area contributed by atoms with E-state index in [1.54, 1.807) is 32.0 Å². The summed E-state index contributed by atoms with van der Waals surface area (Å²) in [6.45, 7) is 0.710. The maximum absolute atomic E-state index is 5.18. The minimum atomic E-state index is 0.405. The minimum absolute atomic E-state index is 0.405. The standard InChI is InChI=1S/C18H18N8O/c1-27-13-4-2-12(3-5-13)6-7-21-16-15-17(23-11-22-15)26-18(25-16)24-14-10-19-8-9-20-14/h2-5,8-11H,6-7H2,1H3,(H3,20,21,22,23,24,25,26). The second-order valence-corrected chi connectivity index (χ2v) is 5.74. The Labute approximate surface area is 155 Å². The van der Waals surface area contributed by atoms with Crippen LogP contribution in [0.1, 0.15) is 5.56 Å². The fourth-order valence-corrected chi connectivity index (χ4v) is 2.61. The van der Waals surface area contributed by atoms with Gasteiger partial charge in [-0.05, 0) is 24.1 Å². The lowest BCUT2D eigenvalue weighted by Gasteiger charge is -2.09. The molecule has 0 bridgehead atoms. The number of aromatic amines is 1. The molecule has 0 fully saturated rings. The molecule has 3 aromatic heterocycles. The number of fused-ring (bicyclic) bond motifs is 1. The van der Waals surface area contributed by atoms with Gasteiger partial charge in [0.05, 0.1) is 19.6 Å². The highest BCUT2D eigenvalue weighted by Crippen LogP contribution is 2.20. The van der Waals surface area contributed by atoms with E-state index >= 15 is 0 Å². The van der Waals surface area contributed by atoms with E-state index in [0.29, 0.717) is 29.8 Å². The average Bonchev–Trinajstić information content (AvgIpc) is 3.18. The molecule has 1 aromatic carbocycles. The quantitative estimate of drug-likeness (QED) is 0.460. The molecule has 0 saturated heterocycles. The first-order chi connectivity index (χ1) is 13.3. The van der Waals surface area contributed by atoms with Gasteiger partial charge in [0.1, 0.15) is 11.3 Å². The molecule has 0 aliphatic carbocycles. The molecule has 3 N–H and O–H groups in total. The zero-order valence-electron chi connectivity index (χ0n) is 14.7. The van der Waals surface area contributed by atoms with Crippen LogP contribution < -0.4 is 15.4 Å². The molecule has 0 amide bonds. The smallest absolute Gasteiger partial charge is 0.232 e. The molecule has 4 rings (SSSR count). The highest BCUT2D eigenvalue weighted by atomic mass is 16.5. The number of nitrogens with one attached hydrogen (secondary N) is 3. The van der Waals surface area contributed by atoms with Crippen molar-refractivity contribution in [1.29, 1.82) is 0 Å². The Balaban J connectivity index is 1.49. The Morgan fingerprint density at radius 3 is 2.74 bits per heavy atom. The van der Waals surface area contributed by atoms with Crippen LogP contribution in [0.3, 0.4) is 0 Å². The second kappa shape index (κ2) is 7.65. The summed E-state index contributed by atoms with van der Waals surface area (Å²) in [5.74, 6) is 2.50. The fraction of sp³-hybridized carbons (Fsp3) is 0.167. The Bertz CT molecular complexity index is 1020. The molecular weight excluding hydrogens is 344 g/mol. The van der Waals surface area contributed by atoms with Crippen molar-refractivity contribution in [1.82, 2.24) is 29.9 Å². The van der Waals surface area contributed by atoms with Gasteiger partial charge in [-0.25, -0.2) is 9.97 Å². The van der Waals surface area contributed by atoms with Crippen molar-refractivity contribution in [3.05, 3.63) is 54.7 Å². The van der Waals surface area contributed by atoms with Crippen molar-refractivity contribution in [2.75, 3.05) is 24.3 Å². The lowest BCUT2D eigenvalue weighted by Crippen LogP contribution is -2.09. The number of methoxy groups -OCH3 is 1. The summed E-state index contributed by atoms with van der Waals surface area (Å²) in [6, 6.07) is 8.01. The van der Waals surface area contributed by atoms with Crippen LogP contribution in [0.2, 0.25) is 0 Å². The Hall–Kier alpha value is -3.75. The van der Waals surface area contributed by atoms with Crippen LogP contribution in [0.25, 0.3) is 11.2 Å². The van der Waals surface area contributed by atoms with Crippen LogP contribution >= 0.6 is 0 Å². The molecule has 0 aliphatic rings. The number of H-pyrrole nitrogens is 1. The molecule has 0 unspecified atom stereocenters. The Kier molecular flexibility index (Phi) is 4.73. The summed E-state index contributed by atoms with van der Waals surface area (Å²) in [5, 5.41) is 6.39. The van der Waals surface area contributed by atoms with E-state index < -0.39 is 0 Å². The van der Waals surface area contributed by atoms with E-state index in [1.165, 1.54) is 5.56 Å². The normalized spacial score (nSPS) is 10.7. The van der Waals surface area contributed by atoms with Crippen molar-refractivity contribution < 1.29 is 4.74 Å². The van der Waals surface area contributed by atoms with Gasteiger partial charge in [0.15, 0.2) is 17.3 Å². The largest absolute Gasteiger partial charge is 0.497 e. The van der Waals surface area contributed by atoms with Gasteiger partial charge >= 0.3 is 0 Å². The number of benzene rings is 1. The third-order valence-corrected chi connectivity index (χ3v) is 3.95. The summed E-state index contributed by atoms with van der Waals surface area (Å²) in [6.07, 6.45) is 7.25. The molecule has 0 saturated carbocycles. The number of hydrogen-bond acceptors (Lipinski definition) is 8. The zero-order valence-corrected chi connectivity index (χ0v) is 14.7. The van der Waals surface area contributed by atoms with E-state index in [2.05, 4.69) is 40.5 Å². The number of nitrogens with zero attached hydrogens (tertiary/aromatic N) is 5. The van der Waals surface area contributed by atoms with Crippen molar-refractivity contribution in [3.8, 4) is 5.75 Å². The van der Waals surface area contributed by atoms with E-state index in [1.807, 2.05) is 24.3 Å². The number of ether oxygens (including phenoxy) is 1. The second-order valence-electron chi connectivity index (χ2n) is 5.74. The van der Waals surface area contributed by atoms with Gasteiger partial charge in [0.25, 0.3) is 0 Å². The predicted molar refractivity (Wildman–Crippen MR) is 102 cm³/mol. The first kappa shape index (κ1) is 16.7. The molecule has 9 nitrogen and oxygen atoms in total. The maximum Gasteiger partial charge on any atom is 0.232 e. The van der Waals surface area contributed by atoms with Crippen LogP contribution in [-0.4, -0.2) is 43.6 Å². The number of hydrogen-bond donors (Lipinski definition) is 3. The molecule has 136 valence electrons. The Morgan fingerprint density at radius 2 is 1.96 bits per heavy atom. The molecular formula is C18H18N8O. The SMILES string of the molecule is COc1ccc(CCNc2nc(Nc3cnccn3)nc3nc[nH]c23)cc1. The van der Waals surface area contributed by atoms with Crippen molar-refractivity contribution in [2.24, 2.45) is 0 Å². The third kappa shape index (κ3) is 3.92. The molecule has 0 spiro atoms. The fourth-order valence-electron chi connectivity index (χ4n) is 2.61. The third-order valence-electron chi connectivity index (χ3n) is 3.95. The lowest BCUT2D eigenvalue weighted by molar-refractivity contribution is 0.414. The highest BCUT2D eigenvalue weighted by molar-refractivity contribution is 5.84. The molecule has 27 heavy (non-hydrogen) atoms. The first-order valence-corrected chi connectivity index (χ1v) is 8.43. The van der Waals surface area contributed by atoms with Gasteiger partial charge in [-0.15, -0.1) is 0 Å². The van der Waals surface area contributed by atoms with Gasteiger partial charge in [0, 0.05) is 18.9 Å². The highest BCUT2D eigenvalue weighted by Gasteiger charge is 2.10. The summed E-state index contributed by atoms with van der Waals surface area (Å²) in [5.41, 5.74) is 2.54. The molecule has 0 aliphatic heterocycles. The van der Waals surface area contributed by atoms with E-state index in [-0.39, 0.29) is 0 Å². The number of anilines is 3. The first-order valence-electron chi connectivity index (χ1n) is 8.43. The van der Waals surface area contributed by atoms with Gasteiger partial charge in [0.2, 0.25) is 5.95 Å². The molecule has 0 atom stereocenters. The van der Waals surface area contributed by atoms with Crippen molar-refractivity contribution >= 4 is 28.7 Å². The Morgan fingerprint density at radius 1 is 1.07 bits per heavy atom. The number of imidazole rings is 1. The van der Waals surface area contributed by atoms with Crippen molar-refractivity contribution in [2.45, 2.75) is 6.42 Å². The van der Waals surface area contributed by atoms with Crippen LogP contribution in [0.15, 0.2) is 49.2 Å². The van der Waals surface area contributed by atoms with Crippen LogP contribution in [0.4, 0.5) is 17.6 Å². The molecule has 0 radical (unpaired) electrons. The summed E-state index contributed by atoms with van der Waals surface area (Å²) >= 11 is 0.